The molecule has 0 atom stereocenters. The van der Waals surface area contributed by atoms with E-state index in [1.807, 2.05) is 12.1 Å². The Morgan fingerprint density at radius 2 is 2.06 bits per heavy atom. The summed E-state index contributed by atoms with van der Waals surface area (Å²) in [5.74, 6) is -1.44. The van der Waals surface area contributed by atoms with E-state index >= 15 is 0 Å². The van der Waals surface area contributed by atoms with E-state index in [0.29, 0.717) is 18.2 Å². The summed E-state index contributed by atoms with van der Waals surface area (Å²) in [6.45, 7) is 0. The molecule has 1 saturated carbocycles. The van der Waals surface area contributed by atoms with Crippen molar-refractivity contribution in [2.75, 3.05) is 0 Å². The Kier molecular flexibility index (Phi) is 2.13. The van der Waals surface area contributed by atoms with Gasteiger partial charge in [0.05, 0.1) is 5.52 Å². The van der Waals surface area contributed by atoms with Gasteiger partial charge in [-0.2, -0.15) is 5.10 Å². The Morgan fingerprint density at radius 3 is 2.72 bits per heavy atom. The number of fused-ring (bicyclic) bond motifs is 1. The van der Waals surface area contributed by atoms with Crippen LogP contribution in [0.1, 0.15) is 23.3 Å². The van der Waals surface area contributed by atoms with Crippen molar-refractivity contribution in [3.63, 3.8) is 0 Å². The van der Waals surface area contributed by atoms with Crippen LogP contribution in [0.2, 0.25) is 0 Å². The first-order chi connectivity index (χ1) is 8.62. The third kappa shape index (κ3) is 1.54. The number of rotatable bonds is 3. The van der Waals surface area contributed by atoms with E-state index in [4.69, 9.17) is 5.11 Å². The van der Waals surface area contributed by atoms with E-state index in [2.05, 4.69) is 15.5 Å². The highest BCUT2D eigenvalue weighted by atomic mass is 16.4. The maximum absolute atomic E-state index is 12.0. The van der Waals surface area contributed by atoms with Crippen molar-refractivity contribution < 1.29 is 14.7 Å². The first-order valence-corrected chi connectivity index (χ1v) is 5.61. The molecular weight excluding hydrogens is 234 g/mol. The molecule has 1 aromatic carbocycles. The van der Waals surface area contributed by atoms with Crippen molar-refractivity contribution in [2.45, 2.75) is 18.4 Å². The van der Waals surface area contributed by atoms with Crippen molar-refractivity contribution >= 4 is 22.8 Å². The van der Waals surface area contributed by atoms with Crippen molar-refractivity contribution in [2.24, 2.45) is 0 Å². The molecule has 0 spiro atoms. The van der Waals surface area contributed by atoms with Crippen molar-refractivity contribution in [3.8, 4) is 0 Å². The van der Waals surface area contributed by atoms with E-state index in [-0.39, 0.29) is 5.69 Å². The zero-order chi connectivity index (χ0) is 12.8. The minimum absolute atomic E-state index is 0.234. The standard InChI is InChI=1S/C12H11N3O3/c16-10(13-12(5-6-12)11(17)18)9-7-3-1-2-4-8(7)14-15-9/h1-4H,5-6H2,(H,13,16)(H,14,15)(H,17,18). The minimum Gasteiger partial charge on any atom is -0.480 e. The smallest absolute Gasteiger partial charge is 0.329 e. The van der Waals surface area contributed by atoms with Crippen LogP contribution in [-0.4, -0.2) is 32.7 Å². The third-order valence-electron chi connectivity index (χ3n) is 3.20. The van der Waals surface area contributed by atoms with E-state index < -0.39 is 17.4 Å². The summed E-state index contributed by atoms with van der Waals surface area (Å²) >= 11 is 0. The number of carboxylic acid groups (broad SMARTS) is 1. The van der Waals surface area contributed by atoms with Crippen LogP contribution in [-0.2, 0) is 4.79 Å². The molecule has 1 fully saturated rings. The molecule has 3 rings (SSSR count). The molecule has 0 aliphatic heterocycles. The van der Waals surface area contributed by atoms with Gasteiger partial charge in [0.2, 0.25) is 0 Å². The van der Waals surface area contributed by atoms with Gasteiger partial charge in [-0.25, -0.2) is 4.79 Å². The fourth-order valence-electron chi connectivity index (χ4n) is 1.93. The molecule has 1 amide bonds. The fraction of sp³-hybridized carbons (Fsp3) is 0.250. The number of benzene rings is 1. The van der Waals surface area contributed by atoms with Gasteiger partial charge in [0.1, 0.15) is 5.54 Å². The van der Waals surface area contributed by atoms with E-state index in [0.717, 1.165) is 5.52 Å². The van der Waals surface area contributed by atoms with Crippen LogP contribution in [0, 0.1) is 0 Å². The van der Waals surface area contributed by atoms with Gasteiger partial charge < -0.3 is 10.4 Å². The first kappa shape index (κ1) is 10.8. The third-order valence-corrected chi connectivity index (χ3v) is 3.20. The Morgan fingerprint density at radius 1 is 1.33 bits per heavy atom. The number of carbonyl (C=O) groups is 2. The molecule has 6 heteroatoms. The Hall–Kier alpha value is -2.37. The lowest BCUT2D eigenvalue weighted by Gasteiger charge is -2.10. The van der Waals surface area contributed by atoms with Crippen LogP contribution in [0.4, 0.5) is 0 Å². The van der Waals surface area contributed by atoms with Crippen LogP contribution in [0.3, 0.4) is 0 Å². The Labute approximate surface area is 102 Å². The molecule has 3 N–H and O–H groups in total. The van der Waals surface area contributed by atoms with Gasteiger partial charge in [0.15, 0.2) is 5.69 Å². The second-order valence-electron chi connectivity index (χ2n) is 4.46. The summed E-state index contributed by atoms with van der Waals surface area (Å²) in [5, 5.41) is 18.9. The number of para-hydroxylation sites is 1. The highest BCUT2D eigenvalue weighted by Gasteiger charge is 2.52. The Bertz CT molecular complexity index is 643. The number of nitrogens with zero attached hydrogens (tertiary/aromatic N) is 1. The number of H-pyrrole nitrogens is 1. The highest BCUT2D eigenvalue weighted by molar-refractivity contribution is 6.06. The Balaban J connectivity index is 1.91. The summed E-state index contributed by atoms with van der Waals surface area (Å²) in [5.41, 5.74) is -0.0992. The molecule has 6 nitrogen and oxygen atoms in total. The lowest BCUT2D eigenvalue weighted by atomic mass is 10.2. The summed E-state index contributed by atoms with van der Waals surface area (Å²) < 4.78 is 0. The lowest BCUT2D eigenvalue weighted by molar-refractivity contribution is -0.140. The SMILES string of the molecule is O=C(NC1(C(=O)O)CC1)c1n[nH]c2ccccc12. The van der Waals surface area contributed by atoms with Crippen LogP contribution in [0.25, 0.3) is 10.9 Å². The molecule has 0 radical (unpaired) electrons. The van der Waals surface area contributed by atoms with Crippen molar-refractivity contribution in [1.29, 1.82) is 0 Å². The quantitative estimate of drug-likeness (QED) is 0.749. The molecule has 18 heavy (non-hydrogen) atoms. The average molecular weight is 245 g/mol. The number of amides is 1. The van der Waals surface area contributed by atoms with Crippen LogP contribution >= 0.6 is 0 Å². The summed E-state index contributed by atoms with van der Waals surface area (Å²) in [6.07, 6.45) is 0.937. The second kappa shape index (κ2) is 3.56. The van der Waals surface area contributed by atoms with Crippen molar-refractivity contribution in [3.05, 3.63) is 30.0 Å². The number of carboxylic acids is 1. The highest BCUT2D eigenvalue weighted by Crippen LogP contribution is 2.35. The molecule has 92 valence electrons. The number of carbonyl (C=O) groups excluding carboxylic acids is 1. The van der Waals surface area contributed by atoms with Gasteiger partial charge in [0.25, 0.3) is 5.91 Å². The molecule has 2 aromatic rings. The van der Waals surface area contributed by atoms with Crippen LogP contribution < -0.4 is 5.32 Å². The van der Waals surface area contributed by atoms with Gasteiger partial charge in [-0.05, 0) is 18.9 Å². The fourth-order valence-corrected chi connectivity index (χ4v) is 1.93. The normalized spacial score (nSPS) is 16.4. The maximum Gasteiger partial charge on any atom is 0.329 e. The van der Waals surface area contributed by atoms with Crippen LogP contribution in [0.5, 0.6) is 0 Å². The monoisotopic (exact) mass is 245 g/mol. The largest absolute Gasteiger partial charge is 0.480 e. The van der Waals surface area contributed by atoms with Crippen LogP contribution in [0.15, 0.2) is 24.3 Å². The predicted octanol–water partition coefficient (Wildman–Crippen LogP) is 0.910. The molecule has 1 aliphatic carbocycles. The number of nitrogens with one attached hydrogen (secondary N) is 2. The van der Waals surface area contributed by atoms with Gasteiger partial charge in [-0.15, -0.1) is 0 Å². The number of hydrogen-bond donors (Lipinski definition) is 3. The molecule has 1 aromatic heterocycles. The molecular formula is C12H11N3O3. The van der Waals surface area contributed by atoms with Gasteiger partial charge in [-0.1, -0.05) is 18.2 Å². The number of hydrogen-bond acceptors (Lipinski definition) is 3. The predicted molar refractivity (Wildman–Crippen MR) is 63.2 cm³/mol. The summed E-state index contributed by atoms with van der Waals surface area (Å²) in [6, 6.07) is 7.22. The zero-order valence-corrected chi connectivity index (χ0v) is 9.43. The zero-order valence-electron chi connectivity index (χ0n) is 9.43. The number of aromatic amines is 1. The minimum atomic E-state index is -1.09. The first-order valence-electron chi connectivity index (χ1n) is 5.61. The molecule has 0 bridgehead atoms. The topological polar surface area (TPSA) is 95.1 Å². The van der Waals surface area contributed by atoms with E-state index in [9.17, 15) is 9.59 Å². The summed E-state index contributed by atoms with van der Waals surface area (Å²) in [7, 11) is 0. The molecule has 1 aliphatic rings. The molecule has 0 saturated heterocycles. The van der Waals surface area contributed by atoms with Gasteiger partial charge in [0, 0.05) is 5.39 Å². The second-order valence-corrected chi connectivity index (χ2v) is 4.46. The van der Waals surface area contributed by atoms with Gasteiger partial charge >= 0.3 is 5.97 Å². The van der Waals surface area contributed by atoms with Gasteiger partial charge in [-0.3, -0.25) is 9.89 Å². The molecule has 1 heterocycles. The maximum atomic E-state index is 12.0. The number of aromatic nitrogens is 2. The van der Waals surface area contributed by atoms with E-state index in [1.54, 1.807) is 12.1 Å². The average Bonchev–Trinajstić information content (AvgIpc) is 3.01. The van der Waals surface area contributed by atoms with E-state index in [1.165, 1.54) is 0 Å². The lowest BCUT2D eigenvalue weighted by Crippen LogP contribution is -2.43. The number of aliphatic carboxylic acids is 1. The van der Waals surface area contributed by atoms with Crippen molar-refractivity contribution in [1.82, 2.24) is 15.5 Å². The summed E-state index contributed by atoms with van der Waals surface area (Å²) in [4.78, 5) is 23.0. The molecule has 0 unspecified atom stereocenters.